The molecule has 38 heavy (non-hydrogen) atoms. The molecular formula is C28H22N4O6. The number of non-ortho nitro benzene ring substituents is 1. The van der Waals surface area contributed by atoms with Crippen LogP contribution < -0.4 is 10.5 Å². The minimum atomic E-state index is -1.20. The van der Waals surface area contributed by atoms with E-state index in [1.807, 2.05) is 6.07 Å². The molecule has 0 saturated carbocycles. The largest absolute Gasteiger partial charge is 0.507 e. The molecule has 10 nitrogen and oxygen atoms in total. The van der Waals surface area contributed by atoms with Crippen molar-refractivity contribution in [2.24, 2.45) is 7.05 Å². The summed E-state index contributed by atoms with van der Waals surface area (Å²) in [6, 6.07) is 21.2. The molecule has 1 atom stereocenters. The van der Waals surface area contributed by atoms with E-state index < -0.39 is 34.0 Å². The Hall–Kier alpha value is -5.25. The van der Waals surface area contributed by atoms with E-state index in [0.717, 1.165) is 4.90 Å². The summed E-state index contributed by atoms with van der Waals surface area (Å²) in [5.41, 5.74) is 0.623. The van der Waals surface area contributed by atoms with Crippen molar-refractivity contribution in [2.75, 3.05) is 4.90 Å². The normalized spacial score (nSPS) is 16.7. The summed E-state index contributed by atoms with van der Waals surface area (Å²) < 4.78 is 2.96. The van der Waals surface area contributed by atoms with Crippen molar-refractivity contribution >= 4 is 28.8 Å². The molecule has 0 bridgehead atoms. The monoisotopic (exact) mass is 510 g/mol. The summed E-state index contributed by atoms with van der Waals surface area (Å²) in [4.78, 5) is 52.5. The molecule has 1 amide bonds. The zero-order valence-electron chi connectivity index (χ0n) is 20.4. The highest BCUT2D eigenvalue weighted by Gasteiger charge is 2.49. The number of nitro groups is 1. The van der Waals surface area contributed by atoms with Crippen LogP contribution in [0.25, 0.3) is 11.4 Å². The molecule has 190 valence electrons. The van der Waals surface area contributed by atoms with Crippen LogP contribution in [0.1, 0.15) is 22.9 Å². The molecule has 1 aromatic heterocycles. The average Bonchev–Trinajstić information content (AvgIpc) is 3.31. The first kappa shape index (κ1) is 24.4. The highest BCUT2D eigenvalue weighted by molar-refractivity contribution is 6.51. The number of rotatable bonds is 5. The van der Waals surface area contributed by atoms with Gasteiger partial charge >= 0.3 is 0 Å². The summed E-state index contributed by atoms with van der Waals surface area (Å²) in [5.74, 6) is -2.37. The van der Waals surface area contributed by atoms with Crippen LogP contribution in [0.3, 0.4) is 0 Å². The van der Waals surface area contributed by atoms with Crippen LogP contribution in [-0.2, 0) is 16.6 Å². The second-order valence-corrected chi connectivity index (χ2v) is 8.79. The molecule has 0 aliphatic carbocycles. The van der Waals surface area contributed by atoms with Crippen LogP contribution in [0.15, 0.2) is 95.3 Å². The number of amides is 1. The number of aromatic nitrogens is 2. The molecule has 1 aliphatic heterocycles. The van der Waals surface area contributed by atoms with Gasteiger partial charge in [-0.15, -0.1) is 0 Å². The summed E-state index contributed by atoms with van der Waals surface area (Å²) in [7, 11) is 1.66. The summed E-state index contributed by atoms with van der Waals surface area (Å²) >= 11 is 0. The summed E-state index contributed by atoms with van der Waals surface area (Å²) in [6.07, 6.45) is 0. The van der Waals surface area contributed by atoms with Crippen molar-refractivity contribution < 1.29 is 19.6 Å². The Kier molecular flexibility index (Phi) is 6.00. The predicted molar refractivity (Wildman–Crippen MR) is 140 cm³/mol. The lowest BCUT2D eigenvalue weighted by Gasteiger charge is -2.24. The number of benzene rings is 3. The molecule has 0 spiro atoms. The number of hydrogen-bond acceptors (Lipinski definition) is 6. The van der Waals surface area contributed by atoms with Crippen molar-refractivity contribution in [2.45, 2.75) is 13.0 Å². The van der Waals surface area contributed by atoms with Gasteiger partial charge < -0.3 is 5.11 Å². The lowest BCUT2D eigenvalue weighted by atomic mass is 9.95. The van der Waals surface area contributed by atoms with Crippen LogP contribution in [-0.4, -0.2) is 31.1 Å². The van der Waals surface area contributed by atoms with E-state index >= 15 is 0 Å². The number of Topliss-reactive ketones (excluding diaryl/α,β-unsaturated/α-hetero) is 1. The lowest BCUT2D eigenvalue weighted by molar-refractivity contribution is -0.384. The Balaban J connectivity index is 1.78. The highest BCUT2D eigenvalue weighted by Crippen LogP contribution is 2.42. The van der Waals surface area contributed by atoms with E-state index in [-0.39, 0.29) is 16.9 Å². The number of nitrogens with zero attached hydrogens (tertiary/aromatic N) is 4. The van der Waals surface area contributed by atoms with Gasteiger partial charge in [0, 0.05) is 24.7 Å². The van der Waals surface area contributed by atoms with Crippen molar-refractivity contribution in [3.8, 4) is 5.69 Å². The van der Waals surface area contributed by atoms with E-state index in [9.17, 15) is 29.6 Å². The van der Waals surface area contributed by atoms with E-state index in [1.165, 1.54) is 28.9 Å². The zero-order chi connectivity index (χ0) is 27.1. The number of para-hydroxylation sites is 1. The fourth-order valence-electron chi connectivity index (χ4n) is 4.74. The van der Waals surface area contributed by atoms with Crippen LogP contribution in [0.2, 0.25) is 0 Å². The van der Waals surface area contributed by atoms with Crippen LogP contribution in [0.4, 0.5) is 11.4 Å². The van der Waals surface area contributed by atoms with Gasteiger partial charge in [-0.1, -0.05) is 48.5 Å². The van der Waals surface area contributed by atoms with Gasteiger partial charge in [-0.3, -0.25) is 34.1 Å². The average molecular weight is 511 g/mol. The van der Waals surface area contributed by atoms with Gasteiger partial charge in [0.2, 0.25) is 0 Å². The van der Waals surface area contributed by atoms with E-state index in [2.05, 4.69) is 0 Å². The number of nitro benzene ring substituents is 1. The first-order chi connectivity index (χ1) is 18.2. The number of aliphatic hydroxyl groups is 1. The first-order valence-electron chi connectivity index (χ1n) is 11.7. The summed E-state index contributed by atoms with van der Waals surface area (Å²) in [5, 5.41) is 22.4. The highest BCUT2D eigenvalue weighted by atomic mass is 16.6. The van der Waals surface area contributed by atoms with Crippen LogP contribution in [0, 0.1) is 17.0 Å². The van der Waals surface area contributed by atoms with Gasteiger partial charge in [0.25, 0.3) is 22.9 Å². The predicted octanol–water partition coefficient (Wildman–Crippen LogP) is 4.02. The lowest BCUT2D eigenvalue weighted by Crippen LogP contribution is -2.34. The number of hydrogen-bond donors (Lipinski definition) is 1. The molecule has 1 saturated heterocycles. The maximum Gasteiger partial charge on any atom is 0.300 e. The van der Waals surface area contributed by atoms with Crippen LogP contribution >= 0.6 is 0 Å². The van der Waals surface area contributed by atoms with Gasteiger partial charge in [0.15, 0.2) is 0 Å². The third-order valence-corrected chi connectivity index (χ3v) is 6.68. The van der Waals surface area contributed by atoms with Gasteiger partial charge in [0.05, 0.1) is 27.9 Å². The number of carbonyl (C=O) groups is 2. The number of ketones is 1. The second-order valence-electron chi connectivity index (χ2n) is 8.79. The quantitative estimate of drug-likeness (QED) is 0.142. The zero-order valence-corrected chi connectivity index (χ0v) is 20.4. The third kappa shape index (κ3) is 3.79. The number of anilines is 1. The van der Waals surface area contributed by atoms with Crippen molar-refractivity contribution in [3.63, 3.8) is 0 Å². The molecule has 3 aromatic carbocycles. The van der Waals surface area contributed by atoms with E-state index in [1.54, 1.807) is 73.3 Å². The number of carbonyl (C=O) groups excluding carboxylic acids is 2. The smallest absolute Gasteiger partial charge is 0.300 e. The fraction of sp³-hybridized carbons (Fsp3) is 0.107. The van der Waals surface area contributed by atoms with Crippen molar-refractivity contribution in [1.82, 2.24) is 9.36 Å². The molecule has 0 radical (unpaired) electrons. The minimum absolute atomic E-state index is 0.0334. The van der Waals surface area contributed by atoms with Crippen LogP contribution in [0.5, 0.6) is 0 Å². The molecule has 4 aromatic rings. The Labute approximate surface area is 216 Å². The molecular weight excluding hydrogens is 488 g/mol. The van der Waals surface area contributed by atoms with Crippen molar-refractivity contribution in [3.05, 3.63) is 128 Å². The molecule has 5 rings (SSSR count). The van der Waals surface area contributed by atoms with Crippen molar-refractivity contribution in [1.29, 1.82) is 0 Å². The molecule has 1 unspecified atom stereocenters. The maximum atomic E-state index is 13.8. The standard InChI is InChI=1S/C28H22N4O6/c1-17-23(27(35)31(29(17)2)20-11-7-4-8-12-20)30-24(18-13-15-21(16-14-18)32(37)38)22(26(34)28(30)36)25(33)19-9-5-3-6-10-19/h3-16,24,33H,1-2H3. The molecule has 2 heterocycles. The van der Waals surface area contributed by atoms with Gasteiger partial charge in [-0.25, -0.2) is 4.68 Å². The molecule has 1 N–H and O–H groups in total. The van der Waals surface area contributed by atoms with Gasteiger partial charge in [-0.2, -0.15) is 0 Å². The van der Waals surface area contributed by atoms with E-state index in [4.69, 9.17) is 0 Å². The number of aliphatic hydroxyl groups excluding tert-OH is 1. The molecule has 10 heteroatoms. The summed E-state index contributed by atoms with van der Waals surface area (Å²) in [6.45, 7) is 1.65. The van der Waals surface area contributed by atoms with Gasteiger partial charge in [-0.05, 0) is 36.8 Å². The topological polar surface area (TPSA) is 128 Å². The Bertz CT molecular complexity index is 1670. The minimum Gasteiger partial charge on any atom is -0.507 e. The molecule has 1 aliphatic rings. The van der Waals surface area contributed by atoms with E-state index in [0.29, 0.717) is 22.5 Å². The maximum absolute atomic E-state index is 13.8. The Morgan fingerprint density at radius 3 is 2.05 bits per heavy atom. The van der Waals surface area contributed by atoms with Gasteiger partial charge in [0.1, 0.15) is 11.4 Å². The third-order valence-electron chi connectivity index (χ3n) is 6.68. The Morgan fingerprint density at radius 2 is 1.47 bits per heavy atom. The Morgan fingerprint density at radius 1 is 0.895 bits per heavy atom. The fourth-order valence-corrected chi connectivity index (χ4v) is 4.74. The SMILES string of the molecule is Cc1c(N2C(=O)C(=O)C(=C(O)c3ccccc3)C2c2ccc([N+](=O)[O-])cc2)c(=O)n(-c2ccccc2)n1C. The first-order valence-corrected chi connectivity index (χ1v) is 11.7. The second kappa shape index (κ2) is 9.32. The molecule has 1 fully saturated rings.